The minimum Gasteiger partial charge on any atom is -0.481 e. The van der Waals surface area contributed by atoms with Crippen molar-refractivity contribution in [2.24, 2.45) is 5.92 Å². The summed E-state index contributed by atoms with van der Waals surface area (Å²) in [5.74, 6) is -1.12. The van der Waals surface area contributed by atoms with Crippen LogP contribution in [-0.4, -0.2) is 63.7 Å². The third-order valence-electron chi connectivity index (χ3n) is 6.53. The number of anilines is 2. The fourth-order valence-corrected chi connectivity index (χ4v) is 5.38. The molecule has 0 aliphatic rings. The van der Waals surface area contributed by atoms with E-state index in [0.29, 0.717) is 27.7 Å². The predicted molar refractivity (Wildman–Crippen MR) is 170 cm³/mol. The van der Waals surface area contributed by atoms with Crippen LogP contribution < -0.4 is 15.4 Å². The van der Waals surface area contributed by atoms with E-state index in [9.17, 15) is 19.5 Å². The predicted octanol–water partition coefficient (Wildman–Crippen LogP) is 5.30. The van der Waals surface area contributed by atoms with E-state index < -0.39 is 17.7 Å². The molecule has 44 heavy (non-hydrogen) atoms. The van der Waals surface area contributed by atoms with Gasteiger partial charge in [0, 0.05) is 41.1 Å². The monoisotopic (exact) mass is 615 g/mol. The zero-order valence-electron chi connectivity index (χ0n) is 24.8. The van der Waals surface area contributed by atoms with Crippen LogP contribution >= 0.6 is 11.8 Å². The van der Waals surface area contributed by atoms with Gasteiger partial charge < -0.3 is 25.2 Å². The average molecular weight is 616 g/mol. The van der Waals surface area contributed by atoms with E-state index in [2.05, 4.69) is 25.6 Å². The molecule has 1 atom stereocenters. The molecule has 0 bridgehead atoms. The molecule has 0 saturated carbocycles. The van der Waals surface area contributed by atoms with E-state index in [1.54, 1.807) is 12.3 Å². The zero-order chi connectivity index (χ0) is 31.6. The number of aryl methyl sites for hydroxylation is 2. The number of rotatable bonds is 14. The number of benzene rings is 2. The molecule has 0 aliphatic carbocycles. The van der Waals surface area contributed by atoms with Crippen molar-refractivity contribution in [1.29, 1.82) is 0 Å². The lowest BCUT2D eigenvalue weighted by Crippen LogP contribution is -2.27. The third kappa shape index (κ3) is 8.62. The minimum absolute atomic E-state index is 0.0311. The van der Waals surface area contributed by atoms with Gasteiger partial charge in [0.05, 0.1) is 11.7 Å². The molecular formula is C32H33N5O6S. The van der Waals surface area contributed by atoms with Gasteiger partial charge in [0.25, 0.3) is 0 Å². The number of methoxy groups -OCH3 is 1. The summed E-state index contributed by atoms with van der Waals surface area (Å²) in [7, 11) is 1.43. The van der Waals surface area contributed by atoms with Gasteiger partial charge in [0.2, 0.25) is 5.91 Å². The van der Waals surface area contributed by atoms with Crippen LogP contribution in [0.5, 0.6) is 11.5 Å². The number of thioether (sulfide) groups is 1. The number of carbonyl (C=O) groups excluding carboxylic acids is 2. The molecule has 4 rings (SSSR count). The second-order valence-corrected chi connectivity index (χ2v) is 11.0. The highest BCUT2D eigenvalue weighted by molar-refractivity contribution is 8.08. The number of carbonyl (C=O) groups is 3. The van der Waals surface area contributed by atoms with E-state index in [1.807, 2.05) is 62.4 Å². The topological polar surface area (TPSA) is 153 Å². The van der Waals surface area contributed by atoms with Gasteiger partial charge in [-0.25, -0.2) is 9.97 Å². The zero-order valence-corrected chi connectivity index (χ0v) is 25.6. The molecule has 0 saturated heterocycles. The highest BCUT2D eigenvalue weighted by atomic mass is 32.2. The number of amides is 1. The van der Waals surface area contributed by atoms with Crippen LogP contribution in [0.2, 0.25) is 0 Å². The van der Waals surface area contributed by atoms with Crippen LogP contribution in [0.1, 0.15) is 23.7 Å². The van der Waals surface area contributed by atoms with Crippen LogP contribution in [-0.2, 0) is 19.1 Å². The van der Waals surface area contributed by atoms with Crippen molar-refractivity contribution in [2.75, 3.05) is 31.3 Å². The van der Waals surface area contributed by atoms with Crippen molar-refractivity contribution in [3.63, 3.8) is 0 Å². The van der Waals surface area contributed by atoms with E-state index in [4.69, 9.17) is 9.47 Å². The van der Waals surface area contributed by atoms with Gasteiger partial charge in [-0.2, -0.15) is 0 Å². The number of ketones is 1. The van der Waals surface area contributed by atoms with Crippen molar-refractivity contribution < 1.29 is 29.0 Å². The molecule has 3 N–H and O–H groups in total. The summed E-state index contributed by atoms with van der Waals surface area (Å²) in [6.07, 6.45) is 4.93. The van der Waals surface area contributed by atoms with Gasteiger partial charge >= 0.3 is 5.97 Å². The van der Waals surface area contributed by atoms with E-state index in [1.165, 1.54) is 32.1 Å². The first kappa shape index (κ1) is 32.1. The Morgan fingerprint density at radius 2 is 1.86 bits per heavy atom. The Kier molecular flexibility index (Phi) is 11.0. The Labute approximate surface area is 259 Å². The number of carboxylic acid groups (broad SMARTS) is 1. The number of nitrogens with zero attached hydrogens (tertiary/aromatic N) is 3. The van der Waals surface area contributed by atoms with Crippen molar-refractivity contribution in [1.82, 2.24) is 20.3 Å². The smallest absolute Gasteiger partial charge is 0.314 e. The number of hydrogen-bond donors (Lipinski definition) is 3. The molecule has 0 aliphatic heterocycles. The quantitative estimate of drug-likeness (QED) is 0.158. The highest BCUT2D eigenvalue weighted by Gasteiger charge is 2.23. The average Bonchev–Trinajstić information content (AvgIpc) is 2.98. The normalized spacial score (nSPS) is 12.0. The number of hydrogen-bond acceptors (Lipinski definition) is 10. The maximum absolute atomic E-state index is 11.9. The number of aromatic nitrogens is 3. The Morgan fingerprint density at radius 1 is 1.05 bits per heavy atom. The van der Waals surface area contributed by atoms with Gasteiger partial charge in [0.1, 0.15) is 42.0 Å². The molecule has 1 unspecified atom stereocenters. The van der Waals surface area contributed by atoms with Gasteiger partial charge in [-0.15, -0.1) is 11.8 Å². The first-order valence-corrected chi connectivity index (χ1v) is 14.7. The molecule has 2 aromatic carbocycles. The molecular weight excluding hydrogens is 582 g/mol. The number of aliphatic carboxylic acids is 1. The molecule has 2 aromatic heterocycles. The van der Waals surface area contributed by atoms with Gasteiger partial charge in [-0.05, 0) is 74.4 Å². The second-order valence-electron chi connectivity index (χ2n) is 9.91. The Morgan fingerprint density at radius 3 is 2.55 bits per heavy atom. The first-order valence-electron chi connectivity index (χ1n) is 13.7. The maximum Gasteiger partial charge on any atom is 0.314 e. The minimum atomic E-state index is -1.18. The molecule has 2 heterocycles. The molecule has 1 amide bonds. The summed E-state index contributed by atoms with van der Waals surface area (Å²) in [6, 6.07) is 15.1. The van der Waals surface area contributed by atoms with E-state index in [-0.39, 0.29) is 24.8 Å². The lowest BCUT2D eigenvalue weighted by molar-refractivity contribution is -0.144. The Balaban J connectivity index is 1.61. The van der Waals surface area contributed by atoms with Gasteiger partial charge in [0.15, 0.2) is 0 Å². The van der Waals surface area contributed by atoms with Crippen molar-refractivity contribution in [3.8, 4) is 11.5 Å². The van der Waals surface area contributed by atoms with Crippen LogP contribution in [0.15, 0.2) is 67.1 Å². The third-order valence-corrected chi connectivity index (χ3v) is 7.74. The molecule has 228 valence electrons. The molecule has 4 aromatic rings. The Hall–Kier alpha value is -4.81. The molecule has 12 heteroatoms. The maximum atomic E-state index is 11.9. The summed E-state index contributed by atoms with van der Waals surface area (Å²) in [6.45, 7) is 5.23. The summed E-state index contributed by atoms with van der Waals surface area (Å²) in [4.78, 5) is 49.3. The van der Waals surface area contributed by atoms with Crippen LogP contribution in [0.25, 0.3) is 15.8 Å². The largest absolute Gasteiger partial charge is 0.481 e. The molecule has 0 fully saturated rings. The van der Waals surface area contributed by atoms with Gasteiger partial charge in [-0.3, -0.25) is 19.4 Å². The lowest BCUT2D eigenvalue weighted by atomic mass is 10.1. The standard InChI is InChI=1S/C32H33N5O6S/c1-19-13-23(7-10-28(19)43-24-8-5-20(2)34-15-24)37-31-25-14-22(6-9-27(25)35-18-36-31)29(11-12-33-30(39)16-42-4)44-17-26(21(3)38)32(40)41/h5-11,13-15,18,26H,12,16-17H2,1-4H3,(H,33,39)(H,40,41)(H,35,36,37)/b29-11-. The number of ether oxygens (including phenoxy) is 2. The number of carboxylic acids is 1. The fourth-order valence-electron chi connectivity index (χ4n) is 4.16. The fraction of sp³-hybridized carbons (Fsp3) is 0.250. The molecule has 0 spiro atoms. The number of fused-ring (bicyclic) bond motifs is 1. The lowest BCUT2D eigenvalue weighted by Gasteiger charge is -2.14. The second kappa shape index (κ2) is 15.1. The summed E-state index contributed by atoms with van der Waals surface area (Å²) in [5, 5.41) is 16.3. The van der Waals surface area contributed by atoms with E-state index in [0.717, 1.165) is 27.9 Å². The van der Waals surface area contributed by atoms with Crippen molar-refractivity contribution in [2.45, 2.75) is 20.8 Å². The number of pyridine rings is 1. The summed E-state index contributed by atoms with van der Waals surface area (Å²) >= 11 is 1.23. The molecule has 0 radical (unpaired) electrons. The number of nitrogens with one attached hydrogen (secondary N) is 2. The summed E-state index contributed by atoms with van der Waals surface area (Å²) in [5.41, 5.74) is 4.05. The summed E-state index contributed by atoms with van der Waals surface area (Å²) < 4.78 is 10.9. The van der Waals surface area contributed by atoms with E-state index >= 15 is 0 Å². The highest BCUT2D eigenvalue weighted by Crippen LogP contribution is 2.34. The van der Waals surface area contributed by atoms with Crippen LogP contribution in [0.4, 0.5) is 11.5 Å². The van der Waals surface area contributed by atoms with Crippen LogP contribution in [0.3, 0.4) is 0 Å². The molecule has 11 nitrogen and oxygen atoms in total. The first-order chi connectivity index (χ1) is 21.1. The Bertz CT molecular complexity index is 1680. The van der Waals surface area contributed by atoms with Crippen molar-refractivity contribution in [3.05, 3.63) is 84.0 Å². The number of Topliss-reactive ketones (excluding diaryl/α,β-unsaturated/α-hetero) is 1. The van der Waals surface area contributed by atoms with Crippen molar-refractivity contribution >= 4 is 56.7 Å². The SMILES string of the molecule is COCC(=O)NC/C=C(\SCC(C(C)=O)C(=O)O)c1ccc2ncnc(Nc3ccc(Oc4ccc(C)nc4)c(C)c3)c2c1. The van der Waals surface area contributed by atoms with Crippen LogP contribution in [0, 0.1) is 19.8 Å². The van der Waals surface area contributed by atoms with Gasteiger partial charge in [-0.1, -0.05) is 12.1 Å².